The number of halogens is 1. The zero-order valence-corrected chi connectivity index (χ0v) is 18.7. The second-order valence-corrected chi connectivity index (χ2v) is 7.37. The van der Waals surface area contributed by atoms with Crippen LogP contribution >= 0.6 is 24.0 Å². The molecular weight excluding hydrogens is 473 g/mol. The highest BCUT2D eigenvalue weighted by atomic mass is 127. The predicted octanol–water partition coefficient (Wildman–Crippen LogP) is 2.74. The molecule has 0 fully saturated rings. The summed E-state index contributed by atoms with van der Waals surface area (Å²) < 4.78 is 12.3. The molecule has 0 aliphatic heterocycles. The van der Waals surface area contributed by atoms with Crippen molar-refractivity contribution >= 4 is 40.7 Å². The van der Waals surface area contributed by atoms with E-state index in [1.165, 1.54) is 0 Å². The van der Waals surface area contributed by atoms with Crippen LogP contribution in [0.2, 0.25) is 0 Å². The summed E-state index contributed by atoms with van der Waals surface area (Å²) in [4.78, 5) is 5.40. The maximum Gasteiger partial charge on any atom is 0.191 e. The molecule has 148 valence electrons. The van der Waals surface area contributed by atoms with E-state index in [4.69, 9.17) is 0 Å². The normalized spacial score (nSPS) is 13.3. The van der Waals surface area contributed by atoms with Crippen LogP contribution in [0.15, 0.2) is 70.6 Å². The molecule has 0 saturated heterocycles. The first-order valence-electron chi connectivity index (χ1n) is 8.86. The minimum absolute atomic E-state index is 0. The Morgan fingerprint density at radius 3 is 2.30 bits per heavy atom. The van der Waals surface area contributed by atoms with Crippen LogP contribution in [0.3, 0.4) is 0 Å². The third-order valence-corrected chi connectivity index (χ3v) is 5.26. The first-order valence-corrected chi connectivity index (χ1v) is 10.2. The molecule has 27 heavy (non-hydrogen) atoms. The van der Waals surface area contributed by atoms with Crippen molar-refractivity contribution in [3.05, 3.63) is 66.2 Å². The van der Waals surface area contributed by atoms with Gasteiger partial charge in [-0.2, -0.15) is 0 Å². The Balaban J connectivity index is 0.00000364. The molecule has 0 spiro atoms. The van der Waals surface area contributed by atoms with Crippen LogP contribution in [0.1, 0.15) is 18.4 Å². The fourth-order valence-corrected chi connectivity index (χ4v) is 3.47. The Morgan fingerprint density at radius 1 is 1.07 bits per heavy atom. The molecule has 0 amide bonds. The summed E-state index contributed by atoms with van der Waals surface area (Å²) in [6.07, 6.45) is 0. The molecule has 0 aliphatic carbocycles. The first-order chi connectivity index (χ1) is 12.7. The van der Waals surface area contributed by atoms with Crippen LogP contribution in [0.5, 0.6) is 0 Å². The van der Waals surface area contributed by atoms with Gasteiger partial charge in [0.15, 0.2) is 5.96 Å². The molecule has 2 rings (SSSR count). The van der Waals surface area contributed by atoms with Gasteiger partial charge in [-0.15, -0.1) is 24.0 Å². The summed E-state index contributed by atoms with van der Waals surface area (Å²) in [5.74, 6) is 1.15. The SMILES string of the molecule is CCNC(=NCC(CO)c1ccccc1)NCCS(=O)c1ccccc1.I. The lowest BCUT2D eigenvalue weighted by Crippen LogP contribution is -2.39. The van der Waals surface area contributed by atoms with Crippen molar-refractivity contribution in [3.8, 4) is 0 Å². The van der Waals surface area contributed by atoms with Gasteiger partial charge in [0.2, 0.25) is 0 Å². The third kappa shape index (κ3) is 8.40. The third-order valence-electron chi connectivity index (χ3n) is 3.89. The number of aliphatic hydroxyl groups excluding tert-OH is 1. The summed E-state index contributed by atoms with van der Waals surface area (Å²) in [5, 5.41) is 16.0. The average molecular weight is 501 g/mol. The molecule has 2 atom stereocenters. The van der Waals surface area contributed by atoms with Crippen molar-refractivity contribution < 1.29 is 9.32 Å². The monoisotopic (exact) mass is 501 g/mol. The van der Waals surface area contributed by atoms with Crippen LogP contribution in [-0.2, 0) is 10.8 Å². The van der Waals surface area contributed by atoms with Crippen molar-refractivity contribution in [3.63, 3.8) is 0 Å². The number of nitrogens with zero attached hydrogens (tertiary/aromatic N) is 1. The van der Waals surface area contributed by atoms with E-state index in [0.717, 1.165) is 17.0 Å². The molecule has 2 aromatic carbocycles. The van der Waals surface area contributed by atoms with E-state index in [2.05, 4.69) is 15.6 Å². The van der Waals surface area contributed by atoms with E-state index in [1.54, 1.807) is 0 Å². The molecule has 0 bridgehead atoms. The van der Waals surface area contributed by atoms with Crippen LogP contribution in [0.25, 0.3) is 0 Å². The molecule has 0 aliphatic rings. The Labute approximate surface area is 181 Å². The second-order valence-electron chi connectivity index (χ2n) is 5.80. The largest absolute Gasteiger partial charge is 0.396 e. The lowest BCUT2D eigenvalue weighted by atomic mass is 10.0. The van der Waals surface area contributed by atoms with Gasteiger partial charge in [0.05, 0.1) is 24.0 Å². The van der Waals surface area contributed by atoms with Crippen LogP contribution in [0.4, 0.5) is 0 Å². The average Bonchev–Trinajstić information content (AvgIpc) is 2.69. The van der Waals surface area contributed by atoms with E-state index in [-0.39, 0.29) is 36.5 Å². The number of nitrogens with one attached hydrogen (secondary N) is 2. The second kappa shape index (κ2) is 13.7. The van der Waals surface area contributed by atoms with E-state index in [1.807, 2.05) is 67.6 Å². The summed E-state index contributed by atoms with van der Waals surface area (Å²) >= 11 is 0. The van der Waals surface area contributed by atoms with Crippen LogP contribution in [-0.4, -0.2) is 47.3 Å². The molecule has 0 saturated carbocycles. The van der Waals surface area contributed by atoms with E-state index < -0.39 is 10.8 Å². The number of aliphatic imine (C=N–C) groups is 1. The maximum atomic E-state index is 12.3. The predicted molar refractivity (Wildman–Crippen MR) is 123 cm³/mol. The van der Waals surface area contributed by atoms with Crippen molar-refractivity contribution in [1.29, 1.82) is 0 Å². The van der Waals surface area contributed by atoms with Crippen LogP contribution in [0, 0.1) is 0 Å². The standard InChI is InChI=1S/C20H27N3O2S.HI/c1-2-21-20(22-13-14-26(25)19-11-7-4-8-12-19)23-15-18(16-24)17-9-5-3-6-10-17;/h3-12,18,24H,2,13-16H2,1H3,(H2,21,22,23);1H. The van der Waals surface area contributed by atoms with Crippen molar-refractivity contribution in [1.82, 2.24) is 10.6 Å². The number of hydrogen-bond acceptors (Lipinski definition) is 3. The summed E-state index contributed by atoms with van der Waals surface area (Å²) in [5.41, 5.74) is 1.07. The quantitative estimate of drug-likeness (QED) is 0.281. The van der Waals surface area contributed by atoms with Gasteiger partial charge in [-0.05, 0) is 24.6 Å². The van der Waals surface area contributed by atoms with E-state index in [9.17, 15) is 9.32 Å². The molecule has 3 N–H and O–H groups in total. The molecule has 2 aromatic rings. The molecule has 0 heterocycles. The zero-order valence-electron chi connectivity index (χ0n) is 15.5. The van der Waals surface area contributed by atoms with Crippen molar-refractivity contribution in [2.75, 3.05) is 32.0 Å². The lowest BCUT2D eigenvalue weighted by Gasteiger charge is -2.15. The summed E-state index contributed by atoms with van der Waals surface area (Å²) in [7, 11) is -1.03. The van der Waals surface area contributed by atoms with E-state index in [0.29, 0.717) is 24.8 Å². The van der Waals surface area contributed by atoms with Gasteiger partial charge in [-0.1, -0.05) is 48.5 Å². The number of aliphatic hydroxyl groups is 1. The highest BCUT2D eigenvalue weighted by Crippen LogP contribution is 2.14. The molecule has 7 heteroatoms. The van der Waals surface area contributed by atoms with E-state index >= 15 is 0 Å². The number of rotatable bonds is 9. The Kier molecular flexibility index (Phi) is 12.0. The Bertz CT molecular complexity index is 699. The first kappa shape index (κ1) is 23.6. The number of guanidine groups is 1. The molecule has 0 aromatic heterocycles. The molecular formula is C20H28IN3O2S. The van der Waals surface area contributed by atoms with Gasteiger partial charge < -0.3 is 15.7 Å². The fourth-order valence-electron chi connectivity index (χ4n) is 2.49. The minimum atomic E-state index is -1.03. The van der Waals surface area contributed by atoms with Gasteiger partial charge in [0.1, 0.15) is 0 Å². The van der Waals surface area contributed by atoms with Gasteiger partial charge in [-0.3, -0.25) is 9.20 Å². The highest BCUT2D eigenvalue weighted by Gasteiger charge is 2.10. The van der Waals surface area contributed by atoms with Crippen LogP contribution < -0.4 is 10.6 Å². The van der Waals surface area contributed by atoms with Gasteiger partial charge in [-0.25, -0.2) is 0 Å². The maximum absolute atomic E-state index is 12.3. The lowest BCUT2D eigenvalue weighted by molar-refractivity contribution is 0.268. The van der Waals surface area contributed by atoms with Crippen molar-refractivity contribution in [2.24, 2.45) is 4.99 Å². The van der Waals surface area contributed by atoms with Crippen molar-refractivity contribution in [2.45, 2.75) is 17.7 Å². The molecule has 5 nitrogen and oxygen atoms in total. The zero-order chi connectivity index (χ0) is 18.6. The Morgan fingerprint density at radius 2 is 1.70 bits per heavy atom. The molecule has 0 radical (unpaired) electrons. The molecule has 2 unspecified atom stereocenters. The van der Waals surface area contributed by atoms with Gasteiger partial charge >= 0.3 is 0 Å². The number of benzene rings is 2. The minimum Gasteiger partial charge on any atom is -0.396 e. The van der Waals surface area contributed by atoms with Gasteiger partial charge in [0.25, 0.3) is 0 Å². The summed E-state index contributed by atoms with van der Waals surface area (Å²) in [6, 6.07) is 19.3. The fraction of sp³-hybridized carbons (Fsp3) is 0.350. The van der Waals surface area contributed by atoms with Gasteiger partial charge in [0, 0.05) is 29.7 Å². The smallest absolute Gasteiger partial charge is 0.191 e. The Hall–Kier alpha value is -1.45. The summed E-state index contributed by atoms with van der Waals surface area (Å²) in [6.45, 7) is 3.83. The highest BCUT2D eigenvalue weighted by molar-refractivity contribution is 14.0. The number of hydrogen-bond donors (Lipinski definition) is 3. The topological polar surface area (TPSA) is 73.7 Å².